The van der Waals surface area contributed by atoms with Gasteiger partial charge in [-0.2, -0.15) is 0 Å². The normalized spacial score (nSPS) is 15.8. The fourth-order valence-electron chi connectivity index (χ4n) is 4.56. The van der Waals surface area contributed by atoms with Crippen LogP contribution in [0.2, 0.25) is 0 Å². The second kappa shape index (κ2) is 9.33. The zero-order chi connectivity index (χ0) is 20.9. The number of anilines is 1. The Hall–Kier alpha value is -2.82. The first-order chi connectivity index (χ1) is 14.6. The van der Waals surface area contributed by atoms with Crippen LogP contribution in [0, 0.1) is 5.92 Å². The first-order valence-corrected chi connectivity index (χ1v) is 11.0. The van der Waals surface area contributed by atoms with E-state index >= 15 is 0 Å². The summed E-state index contributed by atoms with van der Waals surface area (Å²) in [5.74, 6) is 1.58. The summed E-state index contributed by atoms with van der Waals surface area (Å²) in [4.78, 5) is 27.1. The monoisotopic (exact) mass is 406 g/mol. The highest BCUT2D eigenvalue weighted by Crippen LogP contribution is 2.31. The van der Waals surface area contributed by atoms with E-state index in [4.69, 9.17) is 4.74 Å². The van der Waals surface area contributed by atoms with Crippen LogP contribution in [0.4, 0.5) is 5.69 Å². The maximum atomic E-state index is 13.0. The molecular weight excluding hydrogens is 376 g/mol. The molecule has 0 aromatic heterocycles. The molecule has 158 valence electrons. The van der Waals surface area contributed by atoms with Crippen LogP contribution >= 0.6 is 0 Å². The summed E-state index contributed by atoms with van der Waals surface area (Å²) in [6.07, 6.45) is 7.63. The van der Waals surface area contributed by atoms with Crippen molar-refractivity contribution in [3.63, 3.8) is 0 Å². The summed E-state index contributed by atoms with van der Waals surface area (Å²) in [6, 6.07) is 13.4. The van der Waals surface area contributed by atoms with Crippen molar-refractivity contribution in [3.8, 4) is 5.75 Å². The van der Waals surface area contributed by atoms with Gasteiger partial charge in [0.05, 0.1) is 7.11 Å². The largest absolute Gasteiger partial charge is 0.497 e. The molecule has 2 aromatic rings. The third-order valence-corrected chi connectivity index (χ3v) is 6.37. The van der Waals surface area contributed by atoms with Crippen molar-refractivity contribution in [1.29, 1.82) is 0 Å². The molecule has 0 radical (unpaired) electrons. The van der Waals surface area contributed by atoms with Gasteiger partial charge in [0.2, 0.25) is 5.91 Å². The second-order valence-electron chi connectivity index (χ2n) is 8.36. The number of hydrogen-bond donors (Lipinski definition) is 1. The Morgan fingerprint density at radius 1 is 1.10 bits per heavy atom. The highest BCUT2D eigenvalue weighted by atomic mass is 16.5. The minimum absolute atomic E-state index is 0.00541. The van der Waals surface area contributed by atoms with Crippen molar-refractivity contribution < 1.29 is 14.3 Å². The van der Waals surface area contributed by atoms with E-state index in [2.05, 4.69) is 17.4 Å². The van der Waals surface area contributed by atoms with Crippen molar-refractivity contribution in [2.24, 2.45) is 5.92 Å². The molecule has 1 N–H and O–H groups in total. The Morgan fingerprint density at radius 3 is 2.60 bits per heavy atom. The summed E-state index contributed by atoms with van der Waals surface area (Å²) in [7, 11) is 1.61. The zero-order valence-electron chi connectivity index (χ0n) is 17.7. The number of nitrogens with one attached hydrogen (secondary N) is 1. The van der Waals surface area contributed by atoms with Gasteiger partial charge in [-0.15, -0.1) is 0 Å². The molecule has 0 unspecified atom stereocenters. The summed E-state index contributed by atoms with van der Waals surface area (Å²) in [6.45, 7) is 1.18. The third kappa shape index (κ3) is 4.66. The number of hydrogen-bond acceptors (Lipinski definition) is 3. The van der Waals surface area contributed by atoms with Crippen molar-refractivity contribution in [3.05, 3.63) is 59.2 Å². The summed E-state index contributed by atoms with van der Waals surface area (Å²) >= 11 is 0. The van der Waals surface area contributed by atoms with Gasteiger partial charge >= 0.3 is 0 Å². The molecule has 1 aliphatic heterocycles. The van der Waals surface area contributed by atoms with Crippen LogP contribution in [0.15, 0.2) is 42.5 Å². The zero-order valence-corrected chi connectivity index (χ0v) is 17.7. The molecule has 1 aliphatic carbocycles. The van der Waals surface area contributed by atoms with Gasteiger partial charge in [-0.1, -0.05) is 37.8 Å². The standard InChI is InChI=1S/C25H30N2O3/c1-30-22-11-9-21(10-12-22)25(29)27-15-14-20-8-6-19(16-23(20)27)17-26-24(28)13-7-18-4-2-3-5-18/h6,8-12,16,18H,2-5,7,13-15,17H2,1H3,(H,26,28). The van der Waals surface area contributed by atoms with E-state index in [0.717, 1.165) is 35.8 Å². The Kier molecular flexibility index (Phi) is 6.36. The smallest absolute Gasteiger partial charge is 0.258 e. The number of ether oxygens (including phenoxy) is 1. The minimum Gasteiger partial charge on any atom is -0.497 e. The van der Waals surface area contributed by atoms with Gasteiger partial charge in [-0.25, -0.2) is 0 Å². The lowest BCUT2D eigenvalue weighted by molar-refractivity contribution is -0.121. The van der Waals surface area contributed by atoms with Gasteiger partial charge in [0.1, 0.15) is 5.75 Å². The molecule has 2 aromatic carbocycles. The van der Waals surface area contributed by atoms with Crippen LogP contribution in [0.1, 0.15) is 60.0 Å². The van der Waals surface area contributed by atoms with Crippen molar-refractivity contribution in [2.75, 3.05) is 18.6 Å². The molecule has 1 saturated carbocycles. The minimum atomic E-state index is -0.00541. The topological polar surface area (TPSA) is 58.6 Å². The van der Waals surface area contributed by atoms with Crippen molar-refractivity contribution in [1.82, 2.24) is 5.32 Å². The number of carbonyl (C=O) groups is 2. The highest BCUT2D eigenvalue weighted by molar-refractivity contribution is 6.07. The average Bonchev–Trinajstić information content (AvgIpc) is 3.45. The number of fused-ring (bicyclic) bond motifs is 1. The van der Waals surface area contributed by atoms with E-state index in [1.165, 1.54) is 31.2 Å². The molecule has 1 fully saturated rings. The SMILES string of the molecule is COc1ccc(C(=O)N2CCc3ccc(CNC(=O)CCC4CCCC4)cc32)cc1. The predicted molar refractivity (Wildman–Crippen MR) is 118 cm³/mol. The number of methoxy groups -OCH3 is 1. The summed E-state index contributed by atoms with van der Waals surface area (Å²) in [5, 5.41) is 3.05. The molecule has 30 heavy (non-hydrogen) atoms. The molecule has 2 aliphatic rings. The van der Waals surface area contributed by atoms with Crippen molar-refractivity contribution >= 4 is 17.5 Å². The molecule has 0 atom stereocenters. The molecule has 2 amide bonds. The number of rotatable bonds is 7. The van der Waals surface area contributed by atoms with Crippen LogP contribution in [0.3, 0.4) is 0 Å². The number of benzene rings is 2. The number of amides is 2. The first kappa shape index (κ1) is 20.5. The Balaban J connectivity index is 1.37. The molecule has 5 heteroatoms. The van der Waals surface area contributed by atoms with E-state index in [1.54, 1.807) is 19.2 Å². The van der Waals surface area contributed by atoms with Crippen LogP contribution in [0.5, 0.6) is 5.75 Å². The maximum absolute atomic E-state index is 13.0. The summed E-state index contributed by atoms with van der Waals surface area (Å²) in [5.41, 5.74) is 3.80. The second-order valence-corrected chi connectivity index (χ2v) is 8.36. The van der Waals surface area contributed by atoms with E-state index in [9.17, 15) is 9.59 Å². The molecule has 4 rings (SSSR count). The van der Waals surface area contributed by atoms with E-state index in [1.807, 2.05) is 23.1 Å². The lowest BCUT2D eigenvalue weighted by Crippen LogP contribution is -2.29. The van der Waals surface area contributed by atoms with Crippen LogP contribution in [-0.2, 0) is 17.8 Å². The quantitative estimate of drug-likeness (QED) is 0.737. The lowest BCUT2D eigenvalue weighted by atomic mass is 10.0. The molecule has 0 saturated heterocycles. The lowest BCUT2D eigenvalue weighted by Gasteiger charge is -2.18. The van der Waals surface area contributed by atoms with Crippen LogP contribution < -0.4 is 15.0 Å². The number of carbonyl (C=O) groups excluding carboxylic acids is 2. The molecule has 5 nitrogen and oxygen atoms in total. The first-order valence-electron chi connectivity index (χ1n) is 11.0. The fourth-order valence-corrected chi connectivity index (χ4v) is 4.56. The van der Waals surface area contributed by atoms with E-state index in [0.29, 0.717) is 25.1 Å². The van der Waals surface area contributed by atoms with Gasteiger partial charge in [-0.05, 0) is 60.2 Å². The van der Waals surface area contributed by atoms with E-state index < -0.39 is 0 Å². The predicted octanol–water partition coefficient (Wildman–Crippen LogP) is 4.48. The van der Waals surface area contributed by atoms with Gasteiger partial charge in [0.25, 0.3) is 5.91 Å². The van der Waals surface area contributed by atoms with Crippen LogP contribution in [-0.4, -0.2) is 25.5 Å². The molecule has 1 heterocycles. The Morgan fingerprint density at radius 2 is 1.87 bits per heavy atom. The van der Waals surface area contributed by atoms with Gasteiger partial charge in [0.15, 0.2) is 0 Å². The molecule has 0 bridgehead atoms. The van der Waals surface area contributed by atoms with Gasteiger partial charge in [0, 0.05) is 30.8 Å². The third-order valence-electron chi connectivity index (χ3n) is 6.37. The van der Waals surface area contributed by atoms with Crippen LogP contribution in [0.25, 0.3) is 0 Å². The Labute approximate surface area is 178 Å². The molecule has 0 spiro atoms. The van der Waals surface area contributed by atoms with Crippen molar-refractivity contribution in [2.45, 2.75) is 51.5 Å². The highest BCUT2D eigenvalue weighted by Gasteiger charge is 2.26. The fraction of sp³-hybridized carbons (Fsp3) is 0.440. The maximum Gasteiger partial charge on any atom is 0.258 e. The average molecular weight is 407 g/mol. The molecular formula is C25H30N2O3. The number of nitrogens with zero attached hydrogens (tertiary/aromatic N) is 1. The summed E-state index contributed by atoms with van der Waals surface area (Å²) < 4.78 is 5.18. The van der Waals surface area contributed by atoms with Gasteiger partial charge in [-0.3, -0.25) is 9.59 Å². The van der Waals surface area contributed by atoms with E-state index in [-0.39, 0.29) is 11.8 Å². The van der Waals surface area contributed by atoms with Gasteiger partial charge < -0.3 is 15.0 Å². The Bertz CT molecular complexity index is 901.